The summed E-state index contributed by atoms with van der Waals surface area (Å²) in [5.74, 6) is -0.575. The van der Waals surface area contributed by atoms with E-state index in [9.17, 15) is 14.7 Å². The van der Waals surface area contributed by atoms with Crippen LogP contribution in [0.15, 0.2) is 48.5 Å². The SMILES string of the molecule is CC(C)(O)CCOC[C@H]1C(=O)OCN1C(=O)OCC1c2ccccc2-c2ccccc21. The van der Waals surface area contributed by atoms with Gasteiger partial charge < -0.3 is 19.3 Å². The lowest BCUT2D eigenvalue weighted by Crippen LogP contribution is -2.42. The van der Waals surface area contributed by atoms with Crippen LogP contribution in [-0.4, -0.2) is 60.3 Å². The van der Waals surface area contributed by atoms with Crippen molar-refractivity contribution >= 4 is 12.1 Å². The third-order valence-electron chi connectivity index (χ3n) is 5.70. The highest BCUT2D eigenvalue weighted by Gasteiger charge is 2.40. The van der Waals surface area contributed by atoms with Crippen LogP contribution in [0.4, 0.5) is 4.79 Å². The van der Waals surface area contributed by atoms with E-state index in [-0.39, 0.29) is 32.5 Å². The Hall–Kier alpha value is -2.90. The van der Waals surface area contributed by atoms with Crippen molar-refractivity contribution in [3.63, 3.8) is 0 Å². The lowest BCUT2D eigenvalue weighted by molar-refractivity contribution is -0.140. The first-order chi connectivity index (χ1) is 14.8. The van der Waals surface area contributed by atoms with Gasteiger partial charge in [0, 0.05) is 12.5 Å². The van der Waals surface area contributed by atoms with Crippen molar-refractivity contribution in [2.24, 2.45) is 0 Å². The number of aliphatic hydroxyl groups is 1. The zero-order valence-electron chi connectivity index (χ0n) is 17.7. The Bertz CT molecular complexity index is 921. The van der Waals surface area contributed by atoms with Gasteiger partial charge in [-0.1, -0.05) is 48.5 Å². The molecule has 1 amide bonds. The summed E-state index contributed by atoms with van der Waals surface area (Å²) in [6, 6.07) is 15.4. The van der Waals surface area contributed by atoms with E-state index in [1.807, 2.05) is 24.3 Å². The van der Waals surface area contributed by atoms with E-state index in [1.165, 1.54) is 4.90 Å². The van der Waals surface area contributed by atoms with Gasteiger partial charge in [0.1, 0.15) is 6.61 Å². The highest BCUT2D eigenvalue weighted by Crippen LogP contribution is 2.44. The van der Waals surface area contributed by atoms with Gasteiger partial charge in [0.25, 0.3) is 0 Å². The second-order valence-corrected chi connectivity index (χ2v) is 8.52. The van der Waals surface area contributed by atoms with Gasteiger partial charge in [-0.3, -0.25) is 4.90 Å². The minimum Gasteiger partial charge on any atom is -0.448 e. The van der Waals surface area contributed by atoms with E-state index in [2.05, 4.69) is 24.3 Å². The van der Waals surface area contributed by atoms with Crippen molar-refractivity contribution in [2.75, 3.05) is 26.6 Å². The van der Waals surface area contributed by atoms with E-state index in [4.69, 9.17) is 14.2 Å². The van der Waals surface area contributed by atoms with Crippen LogP contribution in [0.25, 0.3) is 11.1 Å². The van der Waals surface area contributed by atoms with Crippen LogP contribution in [0.2, 0.25) is 0 Å². The van der Waals surface area contributed by atoms with Crippen LogP contribution in [-0.2, 0) is 19.0 Å². The van der Waals surface area contributed by atoms with Gasteiger partial charge >= 0.3 is 12.1 Å². The first kappa shape index (κ1) is 21.3. The molecule has 1 fully saturated rings. The molecule has 1 saturated heterocycles. The fourth-order valence-electron chi connectivity index (χ4n) is 3.98. The van der Waals surface area contributed by atoms with Crippen LogP contribution >= 0.6 is 0 Å². The normalized spacial score (nSPS) is 18.0. The predicted octanol–water partition coefficient (Wildman–Crippen LogP) is 3.30. The van der Waals surface area contributed by atoms with Crippen molar-refractivity contribution in [3.8, 4) is 11.1 Å². The Balaban J connectivity index is 1.39. The molecule has 1 N–H and O–H groups in total. The number of fused-ring (bicyclic) bond motifs is 3. The number of carbonyl (C=O) groups is 2. The molecule has 7 heteroatoms. The largest absolute Gasteiger partial charge is 0.448 e. The second kappa shape index (κ2) is 8.69. The highest BCUT2D eigenvalue weighted by molar-refractivity contribution is 5.84. The molecule has 1 aliphatic carbocycles. The second-order valence-electron chi connectivity index (χ2n) is 8.52. The number of ether oxygens (including phenoxy) is 3. The summed E-state index contributed by atoms with van der Waals surface area (Å²) in [5.41, 5.74) is 3.69. The van der Waals surface area contributed by atoms with E-state index in [0.717, 1.165) is 22.3 Å². The molecule has 2 aliphatic rings. The number of hydrogen-bond acceptors (Lipinski definition) is 6. The van der Waals surface area contributed by atoms with Crippen molar-refractivity contribution in [1.82, 2.24) is 4.90 Å². The standard InChI is InChI=1S/C24H27NO6/c1-24(2,28)11-12-29-14-21-22(26)31-15-25(21)23(27)30-13-20-18-9-5-3-7-16(18)17-8-4-6-10-19(17)20/h3-10,20-21,28H,11-15H2,1-2H3/t21-/m0/s1. The van der Waals surface area contributed by atoms with Gasteiger partial charge in [0.05, 0.1) is 12.2 Å². The van der Waals surface area contributed by atoms with Crippen LogP contribution in [0.5, 0.6) is 0 Å². The van der Waals surface area contributed by atoms with Gasteiger partial charge in [0.15, 0.2) is 12.8 Å². The Morgan fingerprint density at radius 1 is 1.10 bits per heavy atom. The molecule has 0 saturated carbocycles. The summed E-state index contributed by atoms with van der Waals surface area (Å²) < 4.78 is 16.2. The molecule has 0 unspecified atom stereocenters. The zero-order valence-corrected chi connectivity index (χ0v) is 17.7. The van der Waals surface area contributed by atoms with Crippen molar-refractivity contribution < 1.29 is 28.9 Å². The summed E-state index contributed by atoms with van der Waals surface area (Å²) in [6.07, 6.45) is -0.191. The fraction of sp³-hybridized carbons (Fsp3) is 0.417. The Morgan fingerprint density at radius 2 is 1.71 bits per heavy atom. The topological polar surface area (TPSA) is 85.3 Å². The zero-order chi connectivity index (χ0) is 22.0. The minimum absolute atomic E-state index is 0.000884. The van der Waals surface area contributed by atoms with Gasteiger partial charge in [-0.2, -0.15) is 0 Å². The number of cyclic esters (lactones) is 1. The molecule has 2 aromatic rings. The lowest BCUT2D eigenvalue weighted by Gasteiger charge is -2.22. The lowest BCUT2D eigenvalue weighted by atomic mass is 9.98. The van der Waals surface area contributed by atoms with Crippen LogP contribution in [0, 0.1) is 0 Å². The van der Waals surface area contributed by atoms with Crippen LogP contribution in [0.3, 0.4) is 0 Å². The van der Waals surface area contributed by atoms with E-state index >= 15 is 0 Å². The van der Waals surface area contributed by atoms with Crippen molar-refractivity contribution in [3.05, 3.63) is 59.7 Å². The average molecular weight is 425 g/mol. The van der Waals surface area contributed by atoms with E-state index in [0.29, 0.717) is 6.42 Å². The molecule has 1 heterocycles. The molecule has 0 bridgehead atoms. The van der Waals surface area contributed by atoms with Gasteiger partial charge in [-0.05, 0) is 42.5 Å². The molecule has 7 nitrogen and oxygen atoms in total. The van der Waals surface area contributed by atoms with Gasteiger partial charge in [-0.15, -0.1) is 0 Å². The third kappa shape index (κ3) is 4.57. The molecule has 31 heavy (non-hydrogen) atoms. The first-order valence-corrected chi connectivity index (χ1v) is 10.4. The molecule has 1 aliphatic heterocycles. The molecular formula is C24H27NO6. The number of nitrogens with zero attached hydrogens (tertiary/aromatic N) is 1. The maximum absolute atomic E-state index is 12.7. The Morgan fingerprint density at radius 3 is 2.32 bits per heavy atom. The summed E-state index contributed by atoms with van der Waals surface area (Å²) in [6.45, 7) is 3.65. The number of benzene rings is 2. The van der Waals surface area contributed by atoms with Gasteiger partial charge in [0.2, 0.25) is 0 Å². The molecule has 4 rings (SSSR count). The smallest absolute Gasteiger partial charge is 0.413 e. The summed E-state index contributed by atoms with van der Waals surface area (Å²) in [4.78, 5) is 26.1. The third-order valence-corrected chi connectivity index (χ3v) is 5.70. The summed E-state index contributed by atoms with van der Waals surface area (Å²) in [5, 5.41) is 9.76. The van der Waals surface area contributed by atoms with Crippen LogP contribution < -0.4 is 0 Å². The highest BCUT2D eigenvalue weighted by atomic mass is 16.6. The van der Waals surface area contributed by atoms with Gasteiger partial charge in [-0.25, -0.2) is 9.59 Å². The van der Waals surface area contributed by atoms with E-state index < -0.39 is 23.7 Å². The molecule has 2 aromatic carbocycles. The summed E-state index contributed by atoms with van der Waals surface area (Å²) in [7, 11) is 0. The maximum atomic E-state index is 12.7. The van der Waals surface area contributed by atoms with E-state index in [1.54, 1.807) is 13.8 Å². The molecule has 0 spiro atoms. The number of rotatable bonds is 7. The molecule has 0 aromatic heterocycles. The Kier molecular flexibility index (Phi) is 5.98. The van der Waals surface area contributed by atoms with Crippen molar-refractivity contribution in [2.45, 2.75) is 37.8 Å². The fourth-order valence-corrected chi connectivity index (χ4v) is 3.98. The monoisotopic (exact) mass is 425 g/mol. The molecule has 164 valence electrons. The molecule has 1 atom stereocenters. The number of hydrogen-bond donors (Lipinski definition) is 1. The predicted molar refractivity (Wildman–Crippen MR) is 113 cm³/mol. The number of carbonyl (C=O) groups excluding carboxylic acids is 2. The number of esters is 1. The quantitative estimate of drug-likeness (QED) is 0.541. The van der Waals surface area contributed by atoms with Crippen LogP contribution in [0.1, 0.15) is 37.3 Å². The maximum Gasteiger partial charge on any atom is 0.413 e. The number of amides is 1. The average Bonchev–Trinajstić information content (AvgIpc) is 3.27. The molecular weight excluding hydrogens is 398 g/mol. The minimum atomic E-state index is -0.858. The summed E-state index contributed by atoms with van der Waals surface area (Å²) >= 11 is 0. The van der Waals surface area contributed by atoms with Crippen molar-refractivity contribution in [1.29, 1.82) is 0 Å². The first-order valence-electron chi connectivity index (χ1n) is 10.4. The molecule has 0 radical (unpaired) electrons. The Labute approximate surface area is 181 Å².